The zero-order chi connectivity index (χ0) is 15.1. The second-order valence-corrected chi connectivity index (χ2v) is 5.76. The van der Waals surface area contributed by atoms with Gasteiger partial charge in [0.25, 0.3) is 0 Å². The fourth-order valence-corrected chi connectivity index (χ4v) is 2.71. The molecule has 22 heavy (non-hydrogen) atoms. The van der Waals surface area contributed by atoms with E-state index in [0.717, 1.165) is 38.1 Å². The molecule has 1 aliphatic heterocycles. The summed E-state index contributed by atoms with van der Waals surface area (Å²) in [6.45, 7) is 3.87. The van der Waals surface area contributed by atoms with Gasteiger partial charge in [-0.3, -0.25) is 4.79 Å². The second kappa shape index (κ2) is 9.70. The molecule has 0 bridgehead atoms. The molecule has 1 heterocycles. The predicted octanol–water partition coefficient (Wildman–Crippen LogP) is 2.87. The number of benzene rings is 1. The van der Waals surface area contributed by atoms with E-state index in [4.69, 9.17) is 4.74 Å². The van der Waals surface area contributed by atoms with Gasteiger partial charge in [0.2, 0.25) is 5.91 Å². The van der Waals surface area contributed by atoms with Gasteiger partial charge in [0.15, 0.2) is 0 Å². The minimum atomic E-state index is 0. The van der Waals surface area contributed by atoms with Gasteiger partial charge in [-0.25, -0.2) is 0 Å². The fourth-order valence-electron chi connectivity index (χ4n) is 2.71. The summed E-state index contributed by atoms with van der Waals surface area (Å²) < 4.78 is 5.16. The van der Waals surface area contributed by atoms with Crippen molar-refractivity contribution in [3.63, 3.8) is 0 Å². The first kappa shape index (κ1) is 18.8. The number of halogens is 1. The molecule has 2 N–H and O–H groups in total. The average Bonchev–Trinajstić information content (AvgIpc) is 2.55. The van der Waals surface area contributed by atoms with Crippen LogP contribution in [0.1, 0.15) is 44.1 Å². The Balaban J connectivity index is 0.00000242. The van der Waals surface area contributed by atoms with Crippen molar-refractivity contribution in [1.82, 2.24) is 10.6 Å². The van der Waals surface area contributed by atoms with Crippen molar-refractivity contribution in [2.75, 3.05) is 20.2 Å². The summed E-state index contributed by atoms with van der Waals surface area (Å²) in [5.74, 6) is 1.45. The van der Waals surface area contributed by atoms with Crippen LogP contribution in [0.2, 0.25) is 0 Å². The highest BCUT2D eigenvalue weighted by atomic mass is 35.5. The minimum Gasteiger partial charge on any atom is -0.497 e. The summed E-state index contributed by atoms with van der Waals surface area (Å²) in [5.41, 5.74) is 1.28. The maximum absolute atomic E-state index is 12.0. The van der Waals surface area contributed by atoms with Gasteiger partial charge in [-0.1, -0.05) is 25.5 Å². The third-order valence-corrected chi connectivity index (χ3v) is 4.19. The molecule has 1 aromatic carbocycles. The molecular formula is C17H27ClN2O2. The molecule has 0 aliphatic carbocycles. The van der Waals surface area contributed by atoms with Gasteiger partial charge in [0, 0.05) is 6.54 Å². The van der Waals surface area contributed by atoms with E-state index in [9.17, 15) is 4.79 Å². The van der Waals surface area contributed by atoms with Gasteiger partial charge in [-0.05, 0) is 49.4 Å². The maximum atomic E-state index is 12.0. The normalized spacial score (nSPS) is 18.9. The van der Waals surface area contributed by atoms with Crippen LogP contribution in [0.25, 0.3) is 0 Å². The molecule has 5 heteroatoms. The summed E-state index contributed by atoms with van der Waals surface area (Å²) in [5, 5.41) is 6.32. The second-order valence-electron chi connectivity index (χ2n) is 5.76. The molecule has 2 rings (SSSR count). The summed E-state index contributed by atoms with van der Waals surface area (Å²) in [6.07, 6.45) is 4.23. The number of methoxy groups -OCH3 is 1. The van der Waals surface area contributed by atoms with Gasteiger partial charge in [-0.15, -0.1) is 12.4 Å². The molecule has 0 radical (unpaired) electrons. The van der Waals surface area contributed by atoms with Crippen LogP contribution in [-0.4, -0.2) is 32.1 Å². The quantitative estimate of drug-likeness (QED) is 0.845. The lowest BCUT2D eigenvalue weighted by Gasteiger charge is -2.23. The number of piperidine rings is 1. The topological polar surface area (TPSA) is 50.4 Å². The first-order valence-electron chi connectivity index (χ1n) is 7.85. The molecule has 0 aromatic heterocycles. The SMILES string of the molecule is COc1ccc(C(C)CCNC(=O)C2CCCCN2)cc1.Cl. The molecule has 1 fully saturated rings. The first-order valence-corrected chi connectivity index (χ1v) is 7.85. The molecule has 2 atom stereocenters. The molecule has 0 saturated carbocycles. The van der Waals surface area contributed by atoms with Crippen LogP contribution in [-0.2, 0) is 4.79 Å². The van der Waals surface area contributed by atoms with Crippen molar-refractivity contribution in [2.45, 2.75) is 44.6 Å². The van der Waals surface area contributed by atoms with E-state index in [1.165, 1.54) is 12.0 Å². The van der Waals surface area contributed by atoms with Crippen molar-refractivity contribution in [2.24, 2.45) is 0 Å². The Hall–Kier alpha value is -1.26. The van der Waals surface area contributed by atoms with Crippen LogP contribution in [0.3, 0.4) is 0 Å². The van der Waals surface area contributed by atoms with E-state index in [0.29, 0.717) is 5.92 Å². The summed E-state index contributed by atoms with van der Waals surface area (Å²) in [7, 11) is 1.67. The number of carbonyl (C=O) groups excluding carboxylic acids is 1. The van der Waals surface area contributed by atoms with Crippen LogP contribution >= 0.6 is 12.4 Å². The first-order chi connectivity index (χ1) is 10.2. The van der Waals surface area contributed by atoms with Crippen LogP contribution in [0.5, 0.6) is 5.75 Å². The molecule has 124 valence electrons. The molecule has 1 aliphatic rings. The lowest BCUT2D eigenvalue weighted by molar-refractivity contribution is -0.123. The number of amides is 1. The minimum absolute atomic E-state index is 0. The smallest absolute Gasteiger partial charge is 0.237 e. The van der Waals surface area contributed by atoms with E-state index in [1.54, 1.807) is 7.11 Å². The maximum Gasteiger partial charge on any atom is 0.237 e. The number of hydrogen-bond acceptors (Lipinski definition) is 3. The zero-order valence-electron chi connectivity index (χ0n) is 13.4. The number of rotatable bonds is 6. The number of hydrogen-bond donors (Lipinski definition) is 2. The fraction of sp³-hybridized carbons (Fsp3) is 0.588. The van der Waals surface area contributed by atoms with E-state index in [1.807, 2.05) is 12.1 Å². The summed E-state index contributed by atoms with van der Waals surface area (Å²) in [6, 6.07) is 8.16. The van der Waals surface area contributed by atoms with Gasteiger partial charge in [-0.2, -0.15) is 0 Å². The van der Waals surface area contributed by atoms with Crippen LogP contribution in [0.4, 0.5) is 0 Å². The Kier molecular flexibility index (Phi) is 8.28. The van der Waals surface area contributed by atoms with Gasteiger partial charge < -0.3 is 15.4 Å². The lowest BCUT2D eigenvalue weighted by atomic mass is 9.97. The Labute approximate surface area is 139 Å². The highest BCUT2D eigenvalue weighted by molar-refractivity contribution is 5.85. The van der Waals surface area contributed by atoms with Crippen molar-refractivity contribution < 1.29 is 9.53 Å². The number of carbonyl (C=O) groups is 1. The molecule has 1 aromatic rings. The van der Waals surface area contributed by atoms with Crippen molar-refractivity contribution in [3.8, 4) is 5.75 Å². The van der Waals surface area contributed by atoms with Gasteiger partial charge in [0.05, 0.1) is 13.2 Å². The van der Waals surface area contributed by atoms with Crippen LogP contribution in [0.15, 0.2) is 24.3 Å². The highest BCUT2D eigenvalue weighted by Crippen LogP contribution is 2.21. The van der Waals surface area contributed by atoms with E-state index < -0.39 is 0 Å². The monoisotopic (exact) mass is 326 g/mol. The average molecular weight is 327 g/mol. The van der Waals surface area contributed by atoms with Crippen molar-refractivity contribution >= 4 is 18.3 Å². The molecule has 4 nitrogen and oxygen atoms in total. The van der Waals surface area contributed by atoms with E-state index in [2.05, 4.69) is 29.7 Å². The highest BCUT2D eigenvalue weighted by Gasteiger charge is 2.19. The van der Waals surface area contributed by atoms with Crippen LogP contribution < -0.4 is 15.4 Å². The van der Waals surface area contributed by atoms with Gasteiger partial charge >= 0.3 is 0 Å². The Morgan fingerprint density at radius 1 is 1.36 bits per heavy atom. The van der Waals surface area contributed by atoms with Crippen LogP contribution in [0, 0.1) is 0 Å². The summed E-state index contributed by atoms with van der Waals surface area (Å²) in [4.78, 5) is 12.0. The standard InChI is InChI=1S/C17H26N2O2.ClH/c1-13(14-6-8-15(21-2)9-7-14)10-12-19-17(20)16-5-3-4-11-18-16;/h6-9,13,16,18H,3-5,10-12H2,1-2H3,(H,19,20);1H. The molecule has 1 saturated heterocycles. The van der Waals surface area contributed by atoms with E-state index in [-0.39, 0.29) is 24.4 Å². The lowest BCUT2D eigenvalue weighted by Crippen LogP contribution is -2.46. The third-order valence-electron chi connectivity index (χ3n) is 4.19. The zero-order valence-corrected chi connectivity index (χ0v) is 14.2. The summed E-state index contributed by atoms with van der Waals surface area (Å²) >= 11 is 0. The van der Waals surface area contributed by atoms with E-state index >= 15 is 0 Å². The number of ether oxygens (including phenoxy) is 1. The molecule has 1 amide bonds. The van der Waals surface area contributed by atoms with Crippen molar-refractivity contribution in [1.29, 1.82) is 0 Å². The largest absolute Gasteiger partial charge is 0.497 e. The molecule has 0 spiro atoms. The Bertz CT molecular complexity index is 444. The third kappa shape index (κ3) is 5.50. The Morgan fingerprint density at radius 3 is 2.68 bits per heavy atom. The Morgan fingerprint density at radius 2 is 2.09 bits per heavy atom. The molecule has 2 unspecified atom stereocenters. The predicted molar refractivity (Wildman–Crippen MR) is 91.9 cm³/mol. The van der Waals surface area contributed by atoms with Crippen molar-refractivity contribution in [3.05, 3.63) is 29.8 Å². The van der Waals surface area contributed by atoms with Gasteiger partial charge in [0.1, 0.15) is 5.75 Å². The molecular weight excluding hydrogens is 300 g/mol. The number of nitrogens with one attached hydrogen (secondary N) is 2.